The molecule has 9 saturated heterocycles. The summed E-state index contributed by atoms with van der Waals surface area (Å²) in [6.07, 6.45) is -84.7. The van der Waals surface area contributed by atoms with Crippen molar-refractivity contribution in [2.24, 2.45) is 0 Å². The summed E-state index contributed by atoms with van der Waals surface area (Å²) in [5, 5.41) is 288. The third kappa shape index (κ3) is 18.5. The lowest BCUT2D eigenvalue weighted by Crippen LogP contribution is -2.69. The van der Waals surface area contributed by atoms with Crippen LogP contribution in [0.2, 0.25) is 0 Å². The van der Waals surface area contributed by atoms with E-state index in [-0.39, 0.29) is 0 Å². The summed E-state index contributed by atoms with van der Waals surface area (Å²) in [4.78, 5) is 25.3. The molecule has 47 heteroatoms. The van der Waals surface area contributed by atoms with Crippen molar-refractivity contribution in [3.63, 3.8) is 0 Å². The number of rotatable bonds is 26. The van der Waals surface area contributed by atoms with Crippen LogP contribution in [-0.4, -0.2) is 474 Å². The topological polar surface area (TPSA) is 741 Å². The summed E-state index contributed by atoms with van der Waals surface area (Å²) in [5.74, 6) is -1.75. The number of amides is 2. The summed E-state index contributed by atoms with van der Waals surface area (Å²) < 4.78 is 97.3. The molecule has 45 atom stereocenters. The van der Waals surface area contributed by atoms with E-state index >= 15 is 0 Å². The second-order valence-electron chi connectivity index (χ2n) is 26.7. The minimum absolute atomic E-state index is 0.876. The zero-order chi connectivity index (χ0) is 77.2. The first-order chi connectivity index (χ1) is 49.7. The molecule has 105 heavy (non-hydrogen) atoms. The highest BCUT2D eigenvalue weighted by Crippen LogP contribution is 2.39. The van der Waals surface area contributed by atoms with Crippen molar-refractivity contribution in [3.8, 4) is 0 Å². The largest absolute Gasteiger partial charge is 0.394 e. The van der Waals surface area contributed by atoms with Crippen LogP contribution in [0, 0.1) is 0 Å². The SMILES string of the molecule is CC(=O)N[C@@H]1[C@@H](O[C@@H]2O[C@H](CO)[C@H](O[C@H]3O[C@H](CO)[C@H](O)[C@H](O[C@H]4O[C@H](CO)[C@H](O)[C@H](O)[C@H]4O[C@@H]4O[C@@H](C)[C@@H](O)[C@@H](O)[C@@H]4O)[C@H]3O)[C@H](O)[C@H]2O)[C@@H](O)[C@@H](CO[C@@H]2O[C@H](CO)[C@@H](O[C@@H]3O[C@H](CO)[C@H](O[C@H]4O[C@H](CO)[C@H](O)[C@H](O[C@H]5O[C@H](CO)[C@H](O)[C@H](O)[C@H]5O)[C@@H]4O)[C@H](O)[C@H]3O)[C@H](O)[C@H]2NC(C)=O)O[C@@H]1O. The number of carbonyl (C=O) groups excluding carboxylic acids is 2. The van der Waals surface area contributed by atoms with Crippen LogP contribution >= 0.6 is 0 Å². The Labute approximate surface area is 593 Å². The van der Waals surface area contributed by atoms with Crippen LogP contribution < -0.4 is 10.6 Å². The summed E-state index contributed by atoms with van der Waals surface area (Å²) in [6.45, 7) is -4.97. The first kappa shape index (κ1) is 86.2. The zero-order valence-electron chi connectivity index (χ0n) is 56.0. The van der Waals surface area contributed by atoms with Gasteiger partial charge < -0.3 is 224 Å². The van der Waals surface area contributed by atoms with E-state index in [9.17, 15) is 142 Å². The maximum absolute atomic E-state index is 12.7. The second kappa shape index (κ2) is 37.2. The van der Waals surface area contributed by atoms with Crippen LogP contribution in [0.3, 0.4) is 0 Å². The van der Waals surface area contributed by atoms with Gasteiger partial charge in [-0.1, -0.05) is 0 Å². The van der Waals surface area contributed by atoms with E-state index in [2.05, 4.69) is 10.6 Å². The van der Waals surface area contributed by atoms with Gasteiger partial charge in [0.15, 0.2) is 56.6 Å². The number of aliphatic hydroxyl groups excluding tert-OH is 26. The predicted molar refractivity (Wildman–Crippen MR) is 319 cm³/mol. The monoisotopic (exact) mass is 1540 g/mol. The summed E-state index contributed by atoms with van der Waals surface area (Å²) in [7, 11) is 0. The van der Waals surface area contributed by atoms with Crippen LogP contribution in [-0.2, 0) is 90.1 Å². The van der Waals surface area contributed by atoms with Gasteiger partial charge in [0.25, 0.3) is 0 Å². The van der Waals surface area contributed by atoms with Gasteiger partial charge in [-0.2, -0.15) is 0 Å². The Morgan fingerprint density at radius 3 is 1.00 bits per heavy atom. The molecular weight excluding hydrogens is 1440 g/mol. The molecule has 9 aliphatic heterocycles. The van der Waals surface area contributed by atoms with Gasteiger partial charge in [0.1, 0.15) is 214 Å². The first-order valence-electron chi connectivity index (χ1n) is 33.5. The van der Waals surface area contributed by atoms with E-state index in [0.717, 1.165) is 13.8 Å². The molecule has 0 radical (unpaired) electrons. The molecular formula is C58H98N2O45. The van der Waals surface area contributed by atoms with Crippen LogP contribution in [0.15, 0.2) is 0 Å². The Morgan fingerprint density at radius 1 is 0.267 bits per heavy atom. The standard InChI is InChI=1S/C58H98N2O45/c1-12-25(70)32(77)37(82)52(90-12)105-49-34(79)27(72)16(5-62)95-58(49)104-48-29(74)18(7-64)94-57(42(48)87)101-45-21(10-67)98-55(40(85)36(45)81)102-46-24(60-14(3)69)50(88)91-22(30(46)75)11-89-51-23(59-13(2)68)31(76)43(19(8-65)96-51)99-54-39(84)35(80)44(20(9-66)97-54)100-56-41(86)47(28(73)17(6-63)93-56)103-53-38(83)33(78)26(71)15(4-61)92-53/h12,15-58,61-67,70-88H,4-11H2,1-3H3,(H,59,68)(H,60,69)/t12-,15+,16+,17+,18+,19+,20+,21+,22+,23+,24+,25+,26-,27-,28-,29-,30-,31+,32+,33-,34-,35+,36+,37-,38+,39+,40+,41-,42+,43+,44-,45-,46+,47-,48-,49+,50-,51+,52-,53+,54-,55-,56+,57+,58+/m0/s1. The first-order valence-corrected chi connectivity index (χ1v) is 33.5. The number of hydrogen-bond donors (Lipinski definition) is 28. The molecule has 0 aromatic heterocycles. The maximum Gasteiger partial charge on any atom is 0.217 e. The minimum Gasteiger partial charge on any atom is -0.394 e. The lowest BCUT2D eigenvalue weighted by Gasteiger charge is -2.50. The molecule has 0 bridgehead atoms. The molecule has 9 heterocycles. The highest BCUT2D eigenvalue weighted by Gasteiger charge is 2.60. The van der Waals surface area contributed by atoms with Gasteiger partial charge in [-0.3, -0.25) is 9.59 Å². The summed E-state index contributed by atoms with van der Waals surface area (Å²) in [5.41, 5.74) is 0. The molecule has 9 aliphatic rings. The Morgan fingerprint density at radius 2 is 0.562 bits per heavy atom. The third-order valence-corrected chi connectivity index (χ3v) is 19.5. The van der Waals surface area contributed by atoms with Gasteiger partial charge >= 0.3 is 0 Å². The molecule has 9 fully saturated rings. The minimum atomic E-state index is -2.34. The Hall–Kier alpha value is -2.78. The highest BCUT2D eigenvalue weighted by atomic mass is 16.8. The molecule has 2 amide bonds. The number of ether oxygens (including phenoxy) is 17. The number of aliphatic hydroxyl groups is 26. The lowest BCUT2D eigenvalue weighted by molar-refractivity contribution is -0.397. The molecule has 0 aliphatic carbocycles. The average Bonchev–Trinajstić information content (AvgIpc) is 0.770. The molecule has 9 rings (SSSR count). The number of carbonyl (C=O) groups is 2. The second-order valence-corrected chi connectivity index (χ2v) is 26.7. The maximum atomic E-state index is 12.7. The zero-order valence-corrected chi connectivity index (χ0v) is 56.0. The fraction of sp³-hybridized carbons (Fsp3) is 0.966. The van der Waals surface area contributed by atoms with Gasteiger partial charge in [0, 0.05) is 13.8 Å². The summed E-state index contributed by atoms with van der Waals surface area (Å²) >= 11 is 0. The fourth-order valence-electron chi connectivity index (χ4n) is 13.6. The Bertz CT molecular complexity index is 2690. The van der Waals surface area contributed by atoms with Crippen LogP contribution in [0.5, 0.6) is 0 Å². The van der Waals surface area contributed by atoms with Gasteiger partial charge in [0.2, 0.25) is 11.8 Å². The van der Waals surface area contributed by atoms with Crippen molar-refractivity contribution in [2.45, 2.75) is 297 Å². The quantitative estimate of drug-likeness (QED) is 0.0382. The highest BCUT2D eigenvalue weighted by molar-refractivity contribution is 5.73. The molecule has 0 saturated carbocycles. The normalized spacial score (nSPS) is 51.5. The van der Waals surface area contributed by atoms with Crippen LogP contribution in [0.25, 0.3) is 0 Å². The number of hydrogen-bond acceptors (Lipinski definition) is 45. The Balaban J connectivity index is 0.849. The van der Waals surface area contributed by atoms with E-state index < -0.39 is 341 Å². The van der Waals surface area contributed by atoms with Crippen molar-refractivity contribution in [3.05, 3.63) is 0 Å². The summed E-state index contributed by atoms with van der Waals surface area (Å²) in [6, 6.07) is -3.58. The third-order valence-electron chi connectivity index (χ3n) is 19.5. The van der Waals surface area contributed by atoms with E-state index in [1.807, 2.05) is 0 Å². The van der Waals surface area contributed by atoms with Crippen LogP contribution in [0.4, 0.5) is 0 Å². The average molecular weight is 1540 g/mol. The van der Waals surface area contributed by atoms with Crippen molar-refractivity contribution >= 4 is 11.8 Å². The van der Waals surface area contributed by atoms with Gasteiger partial charge in [-0.05, 0) is 6.92 Å². The molecule has 47 nitrogen and oxygen atoms in total. The van der Waals surface area contributed by atoms with E-state index in [0.29, 0.717) is 0 Å². The van der Waals surface area contributed by atoms with Crippen molar-refractivity contribution in [1.29, 1.82) is 0 Å². The van der Waals surface area contributed by atoms with Gasteiger partial charge in [0.05, 0.1) is 59.0 Å². The fourth-order valence-corrected chi connectivity index (χ4v) is 13.6. The smallest absolute Gasteiger partial charge is 0.217 e. The van der Waals surface area contributed by atoms with Gasteiger partial charge in [-0.15, -0.1) is 0 Å². The van der Waals surface area contributed by atoms with Crippen molar-refractivity contribution in [1.82, 2.24) is 10.6 Å². The predicted octanol–water partition coefficient (Wildman–Crippen LogP) is -19.3. The van der Waals surface area contributed by atoms with Crippen molar-refractivity contribution in [2.75, 3.05) is 52.9 Å². The molecule has 0 spiro atoms. The van der Waals surface area contributed by atoms with E-state index in [1.165, 1.54) is 6.92 Å². The lowest BCUT2D eigenvalue weighted by atomic mass is 9.94. The van der Waals surface area contributed by atoms with Crippen LogP contribution in [0.1, 0.15) is 20.8 Å². The van der Waals surface area contributed by atoms with E-state index in [1.54, 1.807) is 0 Å². The van der Waals surface area contributed by atoms with E-state index in [4.69, 9.17) is 80.5 Å². The molecule has 28 N–H and O–H groups in total. The molecule has 0 unspecified atom stereocenters. The molecule has 0 aromatic rings. The van der Waals surface area contributed by atoms with Crippen molar-refractivity contribution < 1.29 is 223 Å². The Kier molecular flexibility index (Phi) is 30.6. The van der Waals surface area contributed by atoms with Gasteiger partial charge in [-0.25, -0.2) is 0 Å². The molecule has 0 aromatic carbocycles. The number of nitrogens with one attached hydrogen (secondary N) is 2. The molecule has 610 valence electrons.